The van der Waals surface area contributed by atoms with E-state index in [1.165, 1.54) is 0 Å². The first-order valence-corrected chi connectivity index (χ1v) is 5.45. The van der Waals surface area contributed by atoms with Gasteiger partial charge in [0.15, 0.2) is 0 Å². The number of alkyl halides is 3. The minimum Gasteiger partial charge on any atom is -0.480 e. The summed E-state index contributed by atoms with van der Waals surface area (Å²) in [6.45, 7) is 0.232. The summed E-state index contributed by atoms with van der Waals surface area (Å²) in [7, 11) is 0. The van der Waals surface area contributed by atoms with E-state index in [1.54, 1.807) is 24.3 Å². The minimum atomic E-state index is -4.33. The number of rotatable bonds is 6. The molecule has 6 heteroatoms. The first-order chi connectivity index (χ1) is 8.38. The maximum atomic E-state index is 12.0. The first-order valence-electron chi connectivity index (χ1n) is 5.45. The van der Waals surface area contributed by atoms with Crippen LogP contribution in [0.15, 0.2) is 30.3 Å². The molecule has 1 rings (SSSR count). The van der Waals surface area contributed by atoms with Crippen LogP contribution in [-0.2, 0) is 11.3 Å². The van der Waals surface area contributed by atoms with E-state index in [9.17, 15) is 18.0 Å². The predicted molar refractivity (Wildman–Crippen MR) is 60.0 cm³/mol. The van der Waals surface area contributed by atoms with Crippen LogP contribution in [0.25, 0.3) is 0 Å². The molecule has 0 aromatic heterocycles. The zero-order valence-electron chi connectivity index (χ0n) is 9.57. The standard InChI is InChI=1S/C12H14F3NO2/c13-12(14,15)7-6-10(11(17)18)16-8-9-4-2-1-3-5-9/h1-5,10,16H,6-8H2,(H,17,18)/t10-/m0/s1. The van der Waals surface area contributed by atoms with Gasteiger partial charge >= 0.3 is 12.1 Å². The third kappa shape index (κ3) is 5.67. The molecule has 0 fully saturated rings. The van der Waals surface area contributed by atoms with Gasteiger partial charge in [-0.1, -0.05) is 30.3 Å². The smallest absolute Gasteiger partial charge is 0.389 e. The highest BCUT2D eigenvalue weighted by atomic mass is 19.4. The summed E-state index contributed by atoms with van der Waals surface area (Å²) in [5, 5.41) is 11.4. The quantitative estimate of drug-likeness (QED) is 0.827. The Hall–Kier alpha value is -1.56. The van der Waals surface area contributed by atoms with Gasteiger partial charge in [0.25, 0.3) is 0 Å². The molecule has 100 valence electrons. The molecule has 0 radical (unpaired) electrons. The van der Waals surface area contributed by atoms with Crippen molar-refractivity contribution in [2.45, 2.75) is 31.6 Å². The summed E-state index contributed by atoms with van der Waals surface area (Å²) in [6.07, 6.45) is -5.90. The van der Waals surface area contributed by atoms with Gasteiger partial charge < -0.3 is 10.4 Å². The van der Waals surface area contributed by atoms with Gasteiger partial charge in [0.2, 0.25) is 0 Å². The number of nitrogens with one attached hydrogen (secondary N) is 1. The van der Waals surface area contributed by atoms with E-state index in [0.717, 1.165) is 5.56 Å². The third-order valence-corrected chi connectivity index (χ3v) is 2.41. The highest BCUT2D eigenvalue weighted by Gasteiger charge is 2.30. The Kier molecular flexibility index (Phi) is 5.15. The van der Waals surface area contributed by atoms with Crippen molar-refractivity contribution in [1.29, 1.82) is 0 Å². The van der Waals surface area contributed by atoms with Crippen molar-refractivity contribution < 1.29 is 23.1 Å². The van der Waals surface area contributed by atoms with Crippen LogP contribution in [0.3, 0.4) is 0 Å². The molecule has 0 unspecified atom stereocenters. The Labute approximate surface area is 103 Å². The molecule has 0 aliphatic rings. The molecule has 0 amide bonds. The number of halogens is 3. The third-order valence-electron chi connectivity index (χ3n) is 2.41. The molecular formula is C12H14F3NO2. The molecule has 0 saturated carbocycles. The number of carbonyl (C=O) groups is 1. The predicted octanol–water partition coefficient (Wildman–Crippen LogP) is 2.57. The summed E-state index contributed by atoms with van der Waals surface area (Å²) in [5.41, 5.74) is 0.829. The lowest BCUT2D eigenvalue weighted by Gasteiger charge is -2.15. The van der Waals surface area contributed by atoms with Crippen molar-refractivity contribution in [1.82, 2.24) is 5.32 Å². The molecule has 0 aliphatic heterocycles. The van der Waals surface area contributed by atoms with Gasteiger partial charge in [-0.3, -0.25) is 4.79 Å². The number of hydrogen-bond acceptors (Lipinski definition) is 2. The first kappa shape index (κ1) is 14.5. The average molecular weight is 261 g/mol. The monoisotopic (exact) mass is 261 g/mol. The molecule has 0 aliphatic carbocycles. The van der Waals surface area contributed by atoms with Crippen LogP contribution in [-0.4, -0.2) is 23.3 Å². The van der Waals surface area contributed by atoms with E-state index in [4.69, 9.17) is 5.11 Å². The zero-order chi connectivity index (χ0) is 13.6. The fourth-order valence-electron chi connectivity index (χ4n) is 1.46. The van der Waals surface area contributed by atoms with Crippen LogP contribution in [0, 0.1) is 0 Å². The largest absolute Gasteiger partial charge is 0.480 e. The number of carboxylic acids is 1. The van der Waals surface area contributed by atoms with Gasteiger partial charge in [-0.05, 0) is 12.0 Å². The molecule has 0 spiro atoms. The Morgan fingerprint density at radius 3 is 2.39 bits per heavy atom. The maximum absolute atomic E-state index is 12.0. The van der Waals surface area contributed by atoms with Gasteiger partial charge in [0.1, 0.15) is 6.04 Å². The van der Waals surface area contributed by atoms with E-state index in [2.05, 4.69) is 5.32 Å². The van der Waals surface area contributed by atoms with Crippen LogP contribution in [0.1, 0.15) is 18.4 Å². The number of benzene rings is 1. The molecular weight excluding hydrogens is 247 g/mol. The maximum Gasteiger partial charge on any atom is 0.389 e. The van der Waals surface area contributed by atoms with Crippen molar-refractivity contribution in [2.24, 2.45) is 0 Å². The van der Waals surface area contributed by atoms with Gasteiger partial charge in [-0.15, -0.1) is 0 Å². The van der Waals surface area contributed by atoms with E-state index in [-0.39, 0.29) is 6.54 Å². The van der Waals surface area contributed by atoms with Crippen molar-refractivity contribution in [3.05, 3.63) is 35.9 Å². The summed E-state index contributed by atoms with van der Waals surface area (Å²) in [6, 6.07) is 7.73. The number of aliphatic carboxylic acids is 1. The molecule has 1 aromatic carbocycles. The molecule has 1 aromatic rings. The fourth-order valence-corrected chi connectivity index (χ4v) is 1.46. The second kappa shape index (κ2) is 6.39. The van der Waals surface area contributed by atoms with Gasteiger partial charge in [0, 0.05) is 13.0 Å². The molecule has 1 atom stereocenters. The highest BCUT2D eigenvalue weighted by molar-refractivity contribution is 5.73. The summed E-state index contributed by atoms with van der Waals surface area (Å²) in [4.78, 5) is 10.8. The van der Waals surface area contributed by atoms with Crippen molar-refractivity contribution >= 4 is 5.97 Å². The second-order valence-corrected chi connectivity index (χ2v) is 3.91. The van der Waals surface area contributed by atoms with E-state index in [0.29, 0.717) is 0 Å². The minimum absolute atomic E-state index is 0.232. The molecule has 18 heavy (non-hydrogen) atoms. The Morgan fingerprint density at radius 1 is 1.28 bits per heavy atom. The van der Waals surface area contributed by atoms with Crippen LogP contribution < -0.4 is 5.32 Å². The lowest BCUT2D eigenvalue weighted by atomic mass is 10.1. The second-order valence-electron chi connectivity index (χ2n) is 3.91. The van der Waals surface area contributed by atoms with E-state index in [1.807, 2.05) is 6.07 Å². The van der Waals surface area contributed by atoms with Gasteiger partial charge in [0.05, 0.1) is 0 Å². The molecule has 0 heterocycles. The lowest BCUT2D eigenvalue weighted by Crippen LogP contribution is -2.37. The number of carboxylic acid groups (broad SMARTS) is 1. The fraction of sp³-hybridized carbons (Fsp3) is 0.417. The van der Waals surface area contributed by atoms with E-state index < -0.39 is 31.0 Å². The van der Waals surface area contributed by atoms with E-state index >= 15 is 0 Å². The average Bonchev–Trinajstić information content (AvgIpc) is 2.28. The SMILES string of the molecule is O=C(O)[C@H](CCC(F)(F)F)NCc1ccccc1. The normalized spacial score (nSPS) is 13.3. The van der Waals surface area contributed by atoms with Gasteiger partial charge in [-0.2, -0.15) is 13.2 Å². The molecule has 3 nitrogen and oxygen atoms in total. The topological polar surface area (TPSA) is 49.3 Å². The lowest BCUT2D eigenvalue weighted by molar-refractivity contribution is -0.146. The molecule has 2 N–H and O–H groups in total. The molecule has 0 bridgehead atoms. The van der Waals surface area contributed by atoms with Crippen LogP contribution in [0.5, 0.6) is 0 Å². The van der Waals surface area contributed by atoms with Gasteiger partial charge in [-0.25, -0.2) is 0 Å². The summed E-state index contributed by atoms with van der Waals surface area (Å²) in [5.74, 6) is -1.27. The summed E-state index contributed by atoms with van der Waals surface area (Å²) >= 11 is 0. The van der Waals surface area contributed by atoms with Crippen molar-refractivity contribution in [3.63, 3.8) is 0 Å². The van der Waals surface area contributed by atoms with Crippen LogP contribution in [0.2, 0.25) is 0 Å². The van der Waals surface area contributed by atoms with Crippen LogP contribution >= 0.6 is 0 Å². The van der Waals surface area contributed by atoms with Crippen LogP contribution in [0.4, 0.5) is 13.2 Å². The highest BCUT2D eigenvalue weighted by Crippen LogP contribution is 2.22. The Morgan fingerprint density at radius 2 is 1.89 bits per heavy atom. The Balaban J connectivity index is 2.46. The van der Waals surface area contributed by atoms with Crippen molar-refractivity contribution in [2.75, 3.05) is 0 Å². The Bertz CT molecular complexity index is 379. The summed E-state index contributed by atoms with van der Waals surface area (Å²) < 4.78 is 36.1. The molecule has 0 saturated heterocycles. The van der Waals surface area contributed by atoms with Crippen molar-refractivity contribution in [3.8, 4) is 0 Å². The number of hydrogen-bond donors (Lipinski definition) is 2. The zero-order valence-corrected chi connectivity index (χ0v) is 9.57.